The van der Waals surface area contributed by atoms with Crippen molar-refractivity contribution < 1.29 is 12.8 Å². The first kappa shape index (κ1) is 17.2. The molecule has 0 aliphatic rings. The molecular weight excluding hydrogens is 278 g/mol. The van der Waals surface area contributed by atoms with Gasteiger partial charge in [0.2, 0.25) is 0 Å². The van der Waals surface area contributed by atoms with Crippen LogP contribution in [0.4, 0.5) is 0 Å². The molecule has 1 heterocycles. The van der Waals surface area contributed by atoms with E-state index >= 15 is 0 Å². The number of likely N-dealkylation sites (N-methyl/N-ethyl adjacent to an activating group) is 1. The third kappa shape index (κ3) is 4.90. The maximum atomic E-state index is 12.1. The topological polar surface area (TPSA) is 65.8 Å². The van der Waals surface area contributed by atoms with Crippen LogP contribution in [0.5, 0.6) is 0 Å². The van der Waals surface area contributed by atoms with Crippen molar-refractivity contribution in [2.45, 2.75) is 25.8 Å². The summed E-state index contributed by atoms with van der Waals surface area (Å²) in [6, 6.07) is 3.52. The summed E-state index contributed by atoms with van der Waals surface area (Å²) >= 11 is 0. The number of nitrogens with one attached hydrogen (secondary N) is 1. The Bertz CT molecular complexity index is 471. The van der Waals surface area contributed by atoms with Crippen LogP contribution in [0, 0.1) is 0 Å². The van der Waals surface area contributed by atoms with Crippen LogP contribution >= 0.6 is 0 Å². The summed E-state index contributed by atoms with van der Waals surface area (Å²) < 4.78 is 33.5. The Morgan fingerprint density at radius 3 is 2.55 bits per heavy atom. The Balaban J connectivity index is 2.63. The van der Waals surface area contributed by atoms with Gasteiger partial charge < -0.3 is 4.42 Å². The lowest BCUT2D eigenvalue weighted by Crippen LogP contribution is -2.42. The molecule has 1 atom stereocenters. The third-order valence-electron chi connectivity index (χ3n) is 3.19. The second-order valence-electron chi connectivity index (χ2n) is 5.02. The molecule has 20 heavy (non-hydrogen) atoms. The predicted molar refractivity (Wildman–Crippen MR) is 79.6 cm³/mol. The zero-order chi connectivity index (χ0) is 15.2. The molecule has 0 bridgehead atoms. The van der Waals surface area contributed by atoms with E-state index in [0.717, 1.165) is 18.6 Å². The Labute approximate surface area is 121 Å². The Morgan fingerprint density at radius 1 is 1.35 bits per heavy atom. The zero-order valence-corrected chi connectivity index (χ0v) is 13.5. The molecular formula is C13H25N3O3S. The van der Waals surface area contributed by atoms with Gasteiger partial charge in [0.1, 0.15) is 5.76 Å². The highest BCUT2D eigenvalue weighted by atomic mass is 32.2. The van der Waals surface area contributed by atoms with Gasteiger partial charge in [-0.3, -0.25) is 4.90 Å². The smallest absolute Gasteiger partial charge is 0.279 e. The largest absolute Gasteiger partial charge is 0.468 e. The second kappa shape index (κ2) is 7.78. The monoisotopic (exact) mass is 303 g/mol. The summed E-state index contributed by atoms with van der Waals surface area (Å²) in [5.74, 6) is 0.744. The molecule has 1 rings (SSSR count). The number of nitrogens with zero attached hydrogens (tertiary/aromatic N) is 2. The second-order valence-corrected chi connectivity index (χ2v) is 6.89. The summed E-state index contributed by atoms with van der Waals surface area (Å²) in [5, 5.41) is 0. The molecule has 0 radical (unpaired) electrons. The van der Waals surface area contributed by atoms with Gasteiger partial charge in [0.15, 0.2) is 0 Å². The van der Waals surface area contributed by atoms with Crippen molar-refractivity contribution >= 4 is 10.2 Å². The molecule has 0 amide bonds. The number of furan rings is 1. The van der Waals surface area contributed by atoms with E-state index in [4.69, 9.17) is 4.42 Å². The molecule has 0 aliphatic carbocycles. The Kier molecular flexibility index (Phi) is 6.67. The van der Waals surface area contributed by atoms with Gasteiger partial charge in [-0.05, 0) is 32.6 Å². The van der Waals surface area contributed by atoms with E-state index in [1.54, 1.807) is 19.4 Å². The van der Waals surface area contributed by atoms with Gasteiger partial charge in [0, 0.05) is 20.1 Å². The standard InChI is InChI=1S/C13H25N3O3S/c1-5-6-9-16(4)20(17,18)14-11-12(15(2)3)13-8-7-10-19-13/h7-8,10,12,14H,5-6,9,11H2,1-4H3/t12-/m1/s1. The van der Waals surface area contributed by atoms with Gasteiger partial charge in [0.25, 0.3) is 10.2 Å². The van der Waals surface area contributed by atoms with Gasteiger partial charge in [-0.25, -0.2) is 4.72 Å². The van der Waals surface area contributed by atoms with E-state index in [1.165, 1.54) is 4.31 Å². The molecule has 0 aliphatic heterocycles. The Hall–Kier alpha value is -0.890. The van der Waals surface area contributed by atoms with Gasteiger partial charge in [0.05, 0.1) is 12.3 Å². The quantitative estimate of drug-likeness (QED) is 0.750. The van der Waals surface area contributed by atoms with E-state index < -0.39 is 10.2 Å². The first-order valence-corrected chi connectivity index (χ1v) is 8.23. The molecule has 0 aromatic carbocycles. The highest BCUT2D eigenvalue weighted by Crippen LogP contribution is 2.18. The van der Waals surface area contributed by atoms with Crippen LogP contribution in [0.2, 0.25) is 0 Å². The lowest BCUT2D eigenvalue weighted by Gasteiger charge is -2.24. The highest BCUT2D eigenvalue weighted by molar-refractivity contribution is 7.87. The minimum atomic E-state index is -3.44. The molecule has 6 nitrogen and oxygen atoms in total. The summed E-state index contributed by atoms with van der Waals surface area (Å²) in [4.78, 5) is 1.92. The fraction of sp³-hybridized carbons (Fsp3) is 0.692. The van der Waals surface area contributed by atoms with Crippen LogP contribution in [0.25, 0.3) is 0 Å². The van der Waals surface area contributed by atoms with Crippen LogP contribution in [0.15, 0.2) is 22.8 Å². The van der Waals surface area contributed by atoms with Crippen LogP contribution in [0.1, 0.15) is 31.6 Å². The molecule has 0 saturated heterocycles. The van der Waals surface area contributed by atoms with Crippen LogP contribution < -0.4 is 4.72 Å². The molecule has 7 heteroatoms. The van der Waals surface area contributed by atoms with E-state index in [1.807, 2.05) is 32.0 Å². The van der Waals surface area contributed by atoms with Crippen molar-refractivity contribution in [2.24, 2.45) is 0 Å². The summed E-state index contributed by atoms with van der Waals surface area (Å²) in [6.45, 7) is 2.84. The number of rotatable bonds is 9. The van der Waals surface area contributed by atoms with Crippen molar-refractivity contribution in [3.05, 3.63) is 24.2 Å². The fourth-order valence-electron chi connectivity index (χ4n) is 1.81. The number of hydrogen-bond acceptors (Lipinski definition) is 4. The number of hydrogen-bond donors (Lipinski definition) is 1. The summed E-state index contributed by atoms with van der Waals surface area (Å²) in [7, 11) is 1.94. The molecule has 1 N–H and O–H groups in total. The molecule has 1 aromatic heterocycles. The minimum absolute atomic E-state index is 0.126. The minimum Gasteiger partial charge on any atom is -0.468 e. The first-order valence-electron chi connectivity index (χ1n) is 6.79. The maximum absolute atomic E-state index is 12.1. The first-order chi connectivity index (χ1) is 9.38. The average Bonchev–Trinajstić information content (AvgIpc) is 2.89. The van der Waals surface area contributed by atoms with Crippen molar-refractivity contribution in [2.75, 3.05) is 34.2 Å². The average molecular weight is 303 g/mol. The summed E-state index contributed by atoms with van der Waals surface area (Å²) in [6.07, 6.45) is 3.41. The van der Waals surface area contributed by atoms with Crippen molar-refractivity contribution in [3.8, 4) is 0 Å². The van der Waals surface area contributed by atoms with E-state index in [2.05, 4.69) is 4.72 Å². The highest BCUT2D eigenvalue weighted by Gasteiger charge is 2.22. The predicted octanol–water partition coefficient (Wildman–Crippen LogP) is 1.45. The van der Waals surface area contributed by atoms with E-state index in [0.29, 0.717) is 6.54 Å². The lowest BCUT2D eigenvalue weighted by molar-refractivity contribution is 0.258. The van der Waals surface area contributed by atoms with Crippen LogP contribution in [-0.2, 0) is 10.2 Å². The van der Waals surface area contributed by atoms with Crippen molar-refractivity contribution in [3.63, 3.8) is 0 Å². The van der Waals surface area contributed by atoms with Crippen LogP contribution in [-0.4, -0.2) is 51.9 Å². The van der Waals surface area contributed by atoms with Crippen LogP contribution in [0.3, 0.4) is 0 Å². The van der Waals surface area contributed by atoms with Crippen molar-refractivity contribution in [1.82, 2.24) is 13.9 Å². The Morgan fingerprint density at radius 2 is 2.05 bits per heavy atom. The van der Waals surface area contributed by atoms with E-state index in [9.17, 15) is 8.42 Å². The van der Waals surface area contributed by atoms with Crippen molar-refractivity contribution in [1.29, 1.82) is 0 Å². The zero-order valence-electron chi connectivity index (χ0n) is 12.7. The lowest BCUT2D eigenvalue weighted by atomic mass is 10.2. The SMILES string of the molecule is CCCCN(C)S(=O)(=O)NC[C@H](c1ccco1)N(C)C. The maximum Gasteiger partial charge on any atom is 0.279 e. The molecule has 0 unspecified atom stereocenters. The van der Waals surface area contributed by atoms with Gasteiger partial charge in [-0.15, -0.1) is 0 Å². The normalized spacial score (nSPS) is 14.1. The molecule has 0 saturated carbocycles. The third-order valence-corrected chi connectivity index (χ3v) is 4.73. The molecule has 0 spiro atoms. The molecule has 0 fully saturated rings. The summed E-state index contributed by atoms with van der Waals surface area (Å²) in [5.41, 5.74) is 0. The van der Waals surface area contributed by atoms with Gasteiger partial charge in [-0.1, -0.05) is 13.3 Å². The number of unbranched alkanes of at least 4 members (excludes halogenated alkanes) is 1. The van der Waals surface area contributed by atoms with E-state index in [-0.39, 0.29) is 12.6 Å². The molecule has 1 aromatic rings. The molecule has 116 valence electrons. The van der Waals surface area contributed by atoms with Gasteiger partial charge >= 0.3 is 0 Å². The fourth-order valence-corrected chi connectivity index (χ4v) is 2.77. The van der Waals surface area contributed by atoms with Gasteiger partial charge in [-0.2, -0.15) is 12.7 Å².